The van der Waals surface area contributed by atoms with Gasteiger partial charge in [0.15, 0.2) is 0 Å². The third kappa shape index (κ3) is 3.26. The summed E-state index contributed by atoms with van der Waals surface area (Å²) in [4.78, 5) is 0. The zero-order chi connectivity index (χ0) is 9.19. The quantitative estimate of drug-likeness (QED) is 0.703. The van der Waals surface area contributed by atoms with E-state index >= 15 is 0 Å². The summed E-state index contributed by atoms with van der Waals surface area (Å²) < 4.78 is 36.1. The van der Waals surface area contributed by atoms with Crippen LogP contribution in [0.5, 0.6) is 0 Å². The maximum Gasteiger partial charge on any atom is 0.393 e. The standard InChI is InChI=1S/C8H5BrF3/c9-7-3-1-2-6(4-7)5-8(10,11)12/h2-4H,5H2. The predicted molar refractivity (Wildman–Crippen MR) is 42.7 cm³/mol. The van der Waals surface area contributed by atoms with Crippen LogP contribution in [0.1, 0.15) is 5.56 Å². The molecule has 1 aromatic carbocycles. The third-order valence-electron chi connectivity index (χ3n) is 1.22. The van der Waals surface area contributed by atoms with Gasteiger partial charge < -0.3 is 0 Å². The van der Waals surface area contributed by atoms with Gasteiger partial charge in [0.1, 0.15) is 0 Å². The lowest BCUT2D eigenvalue weighted by Crippen LogP contribution is -2.11. The van der Waals surface area contributed by atoms with E-state index in [-0.39, 0.29) is 5.56 Å². The van der Waals surface area contributed by atoms with Gasteiger partial charge in [0.05, 0.1) is 6.42 Å². The van der Waals surface area contributed by atoms with Crippen molar-refractivity contribution in [2.45, 2.75) is 12.6 Å². The number of benzene rings is 1. The van der Waals surface area contributed by atoms with E-state index in [1.807, 2.05) is 0 Å². The highest BCUT2D eigenvalue weighted by molar-refractivity contribution is 9.10. The molecule has 0 N–H and O–H groups in total. The minimum absolute atomic E-state index is 0.219. The molecule has 0 amide bonds. The molecule has 65 valence electrons. The Labute approximate surface area is 76.5 Å². The molecule has 0 aliphatic heterocycles. The first-order chi connectivity index (χ1) is 5.47. The molecule has 0 nitrogen and oxygen atoms in total. The van der Waals surface area contributed by atoms with Crippen LogP contribution in [0.25, 0.3) is 0 Å². The summed E-state index contributed by atoms with van der Waals surface area (Å²) in [5.41, 5.74) is 0.219. The Morgan fingerprint density at radius 1 is 1.33 bits per heavy atom. The van der Waals surface area contributed by atoms with Gasteiger partial charge in [0.25, 0.3) is 0 Å². The van der Waals surface area contributed by atoms with Crippen molar-refractivity contribution in [1.82, 2.24) is 0 Å². The maximum absolute atomic E-state index is 11.8. The van der Waals surface area contributed by atoms with Gasteiger partial charge in [-0.15, -0.1) is 0 Å². The molecule has 0 spiro atoms. The molecular weight excluding hydrogens is 233 g/mol. The molecule has 0 atom stereocenters. The van der Waals surface area contributed by atoms with Gasteiger partial charge in [-0.3, -0.25) is 0 Å². The first-order valence-electron chi connectivity index (χ1n) is 3.20. The number of hydrogen-bond donors (Lipinski definition) is 0. The highest BCUT2D eigenvalue weighted by atomic mass is 79.9. The monoisotopic (exact) mass is 237 g/mol. The van der Waals surface area contributed by atoms with E-state index in [1.165, 1.54) is 12.1 Å². The third-order valence-corrected chi connectivity index (χ3v) is 1.68. The van der Waals surface area contributed by atoms with E-state index in [9.17, 15) is 13.2 Å². The molecule has 4 heteroatoms. The lowest BCUT2D eigenvalue weighted by molar-refractivity contribution is -0.127. The predicted octanol–water partition coefficient (Wildman–Crippen LogP) is 3.35. The van der Waals surface area contributed by atoms with Crippen molar-refractivity contribution < 1.29 is 13.2 Å². The van der Waals surface area contributed by atoms with Crippen molar-refractivity contribution in [1.29, 1.82) is 0 Å². The molecule has 12 heavy (non-hydrogen) atoms. The lowest BCUT2D eigenvalue weighted by atomic mass is 10.1. The van der Waals surface area contributed by atoms with Crippen molar-refractivity contribution in [3.8, 4) is 0 Å². The molecule has 0 aliphatic rings. The van der Waals surface area contributed by atoms with Gasteiger partial charge in [0, 0.05) is 4.47 Å². The molecule has 0 heterocycles. The van der Waals surface area contributed by atoms with Gasteiger partial charge >= 0.3 is 6.18 Å². The number of alkyl halides is 3. The van der Waals surface area contributed by atoms with Crippen LogP contribution in [-0.2, 0) is 6.42 Å². The van der Waals surface area contributed by atoms with Crippen LogP contribution in [0.4, 0.5) is 13.2 Å². The molecule has 0 saturated carbocycles. The van der Waals surface area contributed by atoms with Crippen LogP contribution in [0.2, 0.25) is 0 Å². The van der Waals surface area contributed by atoms with Crippen LogP contribution in [-0.4, -0.2) is 6.18 Å². The zero-order valence-corrected chi connectivity index (χ0v) is 7.54. The molecule has 1 rings (SSSR count). The molecular formula is C8H5BrF3. The molecule has 1 radical (unpaired) electrons. The molecule has 0 fully saturated rings. The summed E-state index contributed by atoms with van der Waals surface area (Å²) in [6, 6.07) is 6.94. The molecule has 1 aromatic rings. The normalized spacial score (nSPS) is 11.7. The molecule has 0 saturated heterocycles. The van der Waals surface area contributed by atoms with Crippen molar-refractivity contribution in [2.24, 2.45) is 0 Å². The molecule has 0 bridgehead atoms. The maximum atomic E-state index is 11.8. The average molecular weight is 238 g/mol. The van der Waals surface area contributed by atoms with Crippen LogP contribution in [0, 0.1) is 6.07 Å². The van der Waals surface area contributed by atoms with E-state index in [0.717, 1.165) is 0 Å². The first kappa shape index (κ1) is 9.58. The van der Waals surface area contributed by atoms with Gasteiger partial charge in [-0.05, 0) is 23.8 Å². The van der Waals surface area contributed by atoms with Crippen LogP contribution in [0.15, 0.2) is 22.7 Å². The van der Waals surface area contributed by atoms with E-state index in [2.05, 4.69) is 22.0 Å². The molecule has 0 unspecified atom stereocenters. The summed E-state index contributed by atoms with van der Waals surface area (Å²) in [6.07, 6.45) is -5.04. The summed E-state index contributed by atoms with van der Waals surface area (Å²) in [5, 5.41) is 0. The van der Waals surface area contributed by atoms with Crippen LogP contribution >= 0.6 is 15.9 Å². The second kappa shape index (κ2) is 3.47. The Bertz CT molecular complexity index is 267. The number of halogens is 4. The fourth-order valence-electron chi connectivity index (χ4n) is 0.822. The van der Waals surface area contributed by atoms with Crippen molar-refractivity contribution in [3.63, 3.8) is 0 Å². The highest BCUT2D eigenvalue weighted by Crippen LogP contribution is 2.22. The Morgan fingerprint density at radius 3 is 2.50 bits per heavy atom. The van der Waals surface area contributed by atoms with Crippen molar-refractivity contribution in [2.75, 3.05) is 0 Å². The zero-order valence-electron chi connectivity index (χ0n) is 5.95. The molecule has 0 aliphatic carbocycles. The van der Waals surface area contributed by atoms with Gasteiger partial charge in [-0.1, -0.05) is 22.0 Å². The van der Waals surface area contributed by atoms with E-state index in [1.54, 1.807) is 6.07 Å². The Hall–Kier alpha value is -0.510. The van der Waals surface area contributed by atoms with Crippen LogP contribution in [0.3, 0.4) is 0 Å². The summed E-state index contributed by atoms with van der Waals surface area (Å²) in [5.74, 6) is 0. The van der Waals surface area contributed by atoms with Crippen molar-refractivity contribution >= 4 is 15.9 Å². The van der Waals surface area contributed by atoms with Crippen LogP contribution < -0.4 is 0 Å². The highest BCUT2D eigenvalue weighted by Gasteiger charge is 2.27. The Kier molecular flexibility index (Phi) is 2.77. The molecule has 0 aromatic heterocycles. The number of hydrogen-bond acceptors (Lipinski definition) is 0. The summed E-state index contributed by atoms with van der Waals surface area (Å²) in [7, 11) is 0. The Morgan fingerprint density at radius 2 is 2.00 bits per heavy atom. The van der Waals surface area contributed by atoms with E-state index in [4.69, 9.17) is 0 Å². The SMILES string of the molecule is FC(F)(F)Cc1c[c]cc(Br)c1. The summed E-state index contributed by atoms with van der Waals surface area (Å²) >= 11 is 3.07. The first-order valence-corrected chi connectivity index (χ1v) is 3.99. The lowest BCUT2D eigenvalue weighted by Gasteiger charge is -2.05. The average Bonchev–Trinajstić information content (AvgIpc) is 1.82. The fourth-order valence-corrected chi connectivity index (χ4v) is 1.25. The fraction of sp³-hybridized carbons (Fsp3) is 0.250. The smallest absolute Gasteiger partial charge is 0.171 e. The second-order valence-electron chi connectivity index (χ2n) is 2.35. The van der Waals surface area contributed by atoms with Gasteiger partial charge in [0.2, 0.25) is 0 Å². The Balaban J connectivity index is 2.77. The summed E-state index contributed by atoms with van der Waals surface area (Å²) in [6.45, 7) is 0. The van der Waals surface area contributed by atoms with Crippen molar-refractivity contribution in [3.05, 3.63) is 34.3 Å². The van der Waals surface area contributed by atoms with E-state index < -0.39 is 12.6 Å². The minimum Gasteiger partial charge on any atom is -0.171 e. The number of rotatable bonds is 1. The van der Waals surface area contributed by atoms with E-state index in [0.29, 0.717) is 4.47 Å². The minimum atomic E-state index is -4.14. The second-order valence-corrected chi connectivity index (χ2v) is 3.27. The van der Waals surface area contributed by atoms with Gasteiger partial charge in [-0.2, -0.15) is 13.2 Å². The van der Waals surface area contributed by atoms with Gasteiger partial charge in [-0.25, -0.2) is 0 Å². The largest absolute Gasteiger partial charge is 0.393 e. The topological polar surface area (TPSA) is 0 Å².